The Balaban J connectivity index is 2.03. The lowest BCUT2D eigenvalue weighted by atomic mass is 10.2. The molecule has 88 valence electrons. The van der Waals surface area contributed by atoms with Gasteiger partial charge in [0.1, 0.15) is 12.9 Å². The maximum absolute atomic E-state index is 11.6. The lowest BCUT2D eigenvalue weighted by Crippen LogP contribution is -2.19. The minimum absolute atomic E-state index is 0.0528. The van der Waals surface area contributed by atoms with Crippen molar-refractivity contribution >= 4 is 23.2 Å². The summed E-state index contributed by atoms with van der Waals surface area (Å²) >= 11 is 5.99. The lowest BCUT2D eigenvalue weighted by molar-refractivity contribution is -0.116. The number of carbonyl (C=O) groups excluding carboxylic acids is 1. The summed E-state index contributed by atoms with van der Waals surface area (Å²) in [4.78, 5) is 11.6. The number of benzene rings is 1. The van der Waals surface area contributed by atoms with E-state index in [9.17, 15) is 4.79 Å². The van der Waals surface area contributed by atoms with Crippen molar-refractivity contribution in [1.29, 1.82) is 0 Å². The van der Waals surface area contributed by atoms with Crippen molar-refractivity contribution in [2.45, 2.75) is 13.5 Å². The van der Waals surface area contributed by atoms with E-state index in [2.05, 4.69) is 20.8 Å². The number of hydrogen-bond acceptors (Lipinski definition) is 4. The first kappa shape index (κ1) is 11.5. The highest BCUT2D eigenvalue weighted by Crippen LogP contribution is 2.22. The molecule has 2 aromatic rings. The summed E-state index contributed by atoms with van der Waals surface area (Å²) < 4.78 is 1.33. The standard InChI is InChI=1S/C10H10ClN5O/c1-7-2-3-9(8(11)4-7)13-10(17)5-16-6-12-14-15-16/h2-4,6H,5H2,1H3,(H,13,17). The topological polar surface area (TPSA) is 72.7 Å². The van der Waals surface area contributed by atoms with Crippen LogP contribution in [0.3, 0.4) is 0 Å². The van der Waals surface area contributed by atoms with Crippen LogP contribution in [0.1, 0.15) is 5.56 Å². The number of nitrogens with one attached hydrogen (secondary N) is 1. The molecule has 0 spiro atoms. The molecule has 0 saturated heterocycles. The van der Waals surface area contributed by atoms with Crippen LogP contribution >= 0.6 is 11.6 Å². The summed E-state index contributed by atoms with van der Waals surface area (Å²) in [6, 6.07) is 5.42. The van der Waals surface area contributed by atoms with Crippen LogP contribution in [0.25, 0.3) is 0 Å². The smallest absolute Gasteiger partial charge is 0.246 e. The van der Waals surface area contributed by atoms with Crippen molar-refractivity contribution in [3.63, 3.8) is 0 Å². The highest BCUT2D eigenvalue weighted by atomic mass is 35.5. The number of tetrazole rings is 1. The van der Waals surface area contributed by atoms with Gasteiger partial charge in [-0.25, -0.2) is 4.68 Å². The molecule has 1 N–H and O–H groups in total. The predicted octanol–water partition coefficient (Wildman–Crippen LogP) is 1.27. The van der Waals surface area contributed by atoms with Crippen molar-refractivity contribution in [1.82, 2.24) is 20.2 Å². The monoisotopic (exact) mass is 251 g/mol. The normalized spacial score (nSPS) is 10.2. The molecule has 0 unspecified atom stereocenters. The van der Waals surface area contributed by atoms with Gasteiger partial charge in [0.05, 0.1) is 10.7 Å². The molecule has 7 heteroatoms. The molecule has 0 aliphatic heterocycles. The fourth-order valence-corrected chi connectivity index (χ4v) is 1.59. The van der Waals surface area contributed by atoms with Crippen molar-refractivity contribution in [3.05, 3.63) is 35.1 Å². The maximum Gasteiger partial charge on any atom is 0.246 e. The Morgan fingerprint density at radius 3 is 3.00 bits per heavy atom. The van der Waals surface area contributed by atoms with E-state index in [4.69, 9.17) is 11.6 Å². The summed E-state index contributed by atoms with van der Waals surface area (Å²) in [6.45, 7) is 1.98. The quantitative estimate of drug-likeness (QED) is 0.892. The van der Waals surface area contributed by atoms with Crippen molar-refractivity contribution in [3.8, 4) is 0 Å². The van der Waals surface area contributed by atoms with Gasteiger partial charge in [-0.2, -0.15) is 0 Å². The maximum atomic E-state index is 11.6. The first-order valence-electron chi connectivity index (χ1n) is 4.92. The minimum atomic E-state index is -0.233. The second-order valence-corrected chi connectivity index (χ2v) is 3.95. The van der Waals surface area contributed by atoms with Crippen LogP contribution in [-0.4, -0.2) is 26.1 Å². The summed E-state index contributed by atoms with van der Waals surface area (Å²) in [6.07, 6.45) is 1.37. The minimum Gasteiger partial charge on any atom is -0.323 e. The molecule has 1 heterocycles. The number of halogens is 1. The molecule has 1 amide bonds. The molecule has 0 radical (unpaired) electrons. The Kier molecular flexibility index (Phi) is 3.34. The van der Waals surface area contributed by atoms with Gasteiger partial charge in [0.15, 0.2) is 0 Å². The molecule has 1 aromatic heterocycles. The van der Waals surface area contributed by atoms with E-state index in [1.165, 1.54) is 11.0 Å². The van der Waals surface area contributed by atoms with Gasteiger partial charge < -0.3 is 5.32 Å². The number of nitrogens with zero attached hydrogens (tertiary/aromatic N) is 4. The summed E-state index contributed by atoms with van der Waals surface area (Å²) in [5.74, 6) is -0.233. The zero-order valence-corrected chi connectivity index (χ0v) is 9.85. The second-order valence-electron chi connectivity index (χ2n) is 3.54. The lowest BCUT2D eigenvalue weighted by Gasteiger charge is -2.07. The van der Waals surface area contributed by atoms with Gasteiger partial charge in [-0.3, -0.25) is 4.79 Å². The van der Waals surface area contributed by atoms with Crippen LogP contribution in [0.2, 0.25) is 5.02 Å². The van der Waals surface area contributed by atoms with E-state index in [1.807, 2.05) is 13.0 Å². The molecule has 2 rings (SSSR count). The Morgan fingerprint density at radius 1 is 1.53 bits per heavy atom. The van der Waals surface area contributed by atoms with E-state index in [0.717, 1.165) is 5.56 Å². The number of anilines is 1. The van der Waals surface area contributed by atoms with Gasteiger partial charge in [0.25, 0.3) is 0 Å². The van der Waals surface area contributed by atoms with E-state index in [1.54, 1.807) is 12.1 Å². The molecule has 0 aliphatic rings. The van der Waals surface area contributed by atoms with Crippen molar-refractivity contribution in [2.24, 2.45) is 0 Å². The summed E-state index contributed by atoms with van der Waals surface area (Å²) in [5.41, 5.74) is 1.61. The largest absolute Gasteiger partial charge is 0.323 e. The van der Waals surface area contributed by atoms with Gasteiger partial charge in [-0.1, -0.05) is 17.7 Å². The van der Waals surface area contributed by atoms with Gasteiger partial charge in [0.2, 0.25) is 5.91 Å². The molecule has 1 aromatic carbocycles. The van der Waals surface area contributed by atoms with Crippen LogP contribution in [0.15, 0.2) is 24.5 Å². The third-order valence-corrected chi connectivity index (χ3v) is 2.41. The van der Waals surface area contributed by atoms with Gasteiger partial charge in [0, 0.05) is 0 Å². The first-order valence-corrected chi connectivity index (χ1v) is 5.30. The molecular weight excluding hydrogens is 242 g/mol. The zero-order valence-electron chi connectivity index (χ0n) is 9.09. The third kappa shape index (κ3) is 3.01. The fourth-order valence-electron chi connectivity index (χ4n) is 1.31. The molecule has 0 fully saturated rings. The molecule has 0 bridgehead atoms. The Labute approximate surface area is 103 Å². The van der Waals surface area contributed by atoms with Crippen LogP contribution in [0.5, 0.6) is 0 Å². The Bertz CT molecular complexity index is 525. The van der Waals surface area contributed by atoms with Gasteiger partial charge in [-0.05, 0) is 35.0 Å². The highest BCUT2D eigenvalue weighted by molar-refractivity contribution is 6.33. The number of aryl methyl sites for hydroxylation is 1. The Hall–Kier alpha value is -1.95. The van der Waals surface area contributed by atoms with E-state index in [0.29, 0.717) is 10.7 Å². The number of aromatic nitrogens is 4. The predicted molar refractivity (Wildman–Crippen MR) is 62.6 cm³/mol. The second kappa shape index (κ2) is 4.92. The molecular formula is C10H10ClN5O. The summed E-state index contributed by atoms with van der Waals surface area (Å²) in [5, 5.41) is 13.7. The van der Waals surface area contributed by atoms with E-state index >= 15 is 0 Å². The number of amides is 1. The number of carbonyl (C=O) groups is 1. The van der Waals surface area contributed by atoms with Crippen LogP contribution in [-0.2, 0) is 11.3 Å². The number of rotatable bonds is 3. The van der Waals surface area contributed by atoms with E-state index in [-0.39, 0.29) is 12.5 Å². The van der Waals surface area contributed by atoms with Crippen LogP contribution in [0, 0.1) is 6.92 Å². The Morgan fingerprint density at radius 2 is 2.35 bits per heavy atom. The summed E-state index contributed by atoms with van der Waals surface area (Å²) in [7, 11) is 0. The first-order chi connectivity index (χ1) is 8.15. The third-order valence-electron chi connectivity index (χ3n) is 2.10. The highest BCUT2D eigenvalue weighted by Gasteiger charge is 2.07. The average molecular weight is 252 g/mol. The molecule has 17 heavy (non-hydrogen) atoms. The van der Waals surface area contributed by atoms with E-state index < -0.39 is 0 Å². The molecule has 6 nitrogen and oxygen atoms in total. The van der Waals surface area contributed by atoms with Crippen LogP contribution in [0.4, 0.5) is 5.69 Å². The zero-order chi connectivity index (χ0) is 12.3. The fraction of sp³-hybridized carbons (Fsp3) is 0.200. The molecule has 0 atom stereocenters. The number of hydrogen-bond donors (Lipinski definition) is 1. The average Bonchev–Trinajstić information content (AvgIpc) is 2.75. The van der Waals surface area contributed by atoms with Crippen LogP contribution < -0.4 is 5.32 Å². The SMILES string of the molecule is Cc1ccc(NC(=O)Cn2cnnn2)c(Cl)c1. The molecule has 0 aliphatic carbocycles. The molecule has 0 saturated carbocycles. The van der Waals surface area contributed by atoms with Crippen molar-refractivity contribution in [2.75, 3.05) is 5.32 Å². The van der Waals surface area contributed by atoms with Crippen molar-refractivity contribution < 1.29 is 4.79 Å². The van der Waals surface area contributed by atoms with Gasteiger partial charge in [-0.15, -0.1) is 5.10 Å². The van der Waals surface area contributed by atoms with Gasteiger partial charge >= 0.3 is 0 Å².